The topological polar surface area (TPSA) is 90.8 Å². The van der Waals surface area contributed by atoms with Gasteiger partial charge in [-0.3, -0.25) is 0 Å². The lowest BCUT2D eigenvalue weighted by atomic mass is 10.1. The van der Waals surface area contributed by atoms with E-state index in [2.05, 4.69) is 26.6 Å². The Kier molecular flexibility index (Phi) is 5.27. The summed E-state index contributed by atoms with van der Waals surface area (Å²) in [5, 5.41) is 25.3. The molecule has 1 aliphatic rings. The largest absolute Gasteiger partial charge is 0.494 e. The predicted molar refractivity (Wildman–Crippen MR) is 97.7 cm³/mol. The second-order valence-electron chi connectivity index (χ2n) is 5.86. The molecular formula is C18H19BrN2O4. The van der Waals surface area contributed by atoms with Crippen LogP contribution in [0.15, 0.2) is 40.9 Å². The van der Waals surface area contributed by atoms with E-state index >= 15 is 0 Å². The van der Waals surface area contributed by atoms with Crippen molar-refractivity contribution in [2.24, 2.45) is 0 Å². The van der Waals surface area contributed by atoms with Gasteiger partial charge in [-0.05, 0) is 29.7 Å². The lowest BCUT2D eigenvalue weighted by Crippen LogP contribution is -2.40. The summed E-state index contributed by atoms with van der Waals surface area (Å²) in [6.07, 6.45) is -0.165. The van der Waals surface area contributed by atoms with E-state index in [1.165, 1.54) is 7.11 Å². The van der Waals surface area contributed by atoms with Gasteiger partial charge in [0, 0.05) is 10.0 Å². The average Bonchev–Trinajstić information content (AvgIpc) is 2.90. The summed E-state index contributed by atoms with van der Waals surface area (Å²) < 4.78 is 6.00. The minimum absolute atomic E-state index is 0.213. The second kappa shape index (κ2) is 7.43. The van der Waals surface area contributed by atoms with Gasteiger partial charge in [-0.15, -0.1) is 0 Å². The molecule has 0 aliphatic heterocycles. The third-order valence-corrected chi connectivity index (χ3v) is 4.72. The number of hydrogen-bond donors (Lipinski definition) is 4. The van der Waals surface area contributed by atoms with Crippen molar-refractivity contribution in [3.05, 3.63) is 57.6 Å². The van der Waals surface area contributed by atoms with E-state index in [0.717, 1.165) is 11.1 Å². The fourth-order valence-electron chi connectivity index (χ4n) is 3.13. The molecule has 0 fully saturated rings. The molecule has 0 radical (unpaired) electrons. The third-order valence-electron chi connectivity index (χ3n) is 4.26. The van der Waals surface area contributed by atoms with Crippen LogP contribution in [-0.2, 0) is 13.0 Å². The summed E-state index contributed by atoms with van der Waals surface area (Å²) in [6, 6.07) is 10.2. The zero-order valence-electron chi connectivity index (χ0n) is 13.6. The number of carbonyl (C=O) groups excluding carboxylic acids is 1. The summed E-state index contributed by atoms with van der Waals surface area (Å²) in [6.45, 7) is -0.213. The first-order valence-electron chi connectivity index (χ1n) is 7.84. The number of anilines is 1. The summed E-state index contributed by atoms with van der Waals surface area (Å²) in [4.78, 5) is 12.4. The van der Waals surface area contributed by atoms with Gasteiger partial charge in [0.15, 0.2) is 0 Å². The highest BCUT2D eigenvalue weighted by atomic mass is 79.9. The van der Waals surface area contributed by atoms with Crippen molar-refractivity contribution in [3.63, 3.8) is 0 Å². The average molecular weight is 407 g/mol. The van der Waals surface area contributed by atoms with E-state index in [4.69, 9.17) is 4.74 Å². The van der Waals surface area contributed by atoms with E-state index in [9.17, 15) is 15.0 Å². The molecule has 6 nitrogen and oxygen atoms in total. The minimum atomic E-state index is -0.737. The summed E-state index contributed by atoms with van der Waals surface area (Å²) in [5.74, 6) is 0.399. The Hall–Kier alpha value is -2.09. The van der Waals surface area contributed by atoms with E-state index in [1.54, 1.807) is 12.1 Å². The van der Waals surface area contributed by atoms with Crippen molar-refractivity contribution in [2.75, 3.05) is 12.4 Å². The molecule has 0 heterocycles. The van der Waals surface area contributed by atoms with E-state index in [0.29, 0.717) is 27.9 Å². The molecule has 1 unspecified atom stereocenters. The molecule has 2 amide bonds. The van der Waals surface area contributed by atoms with Gasteiger partial charge in [0.2, 0.25) is 0 Å². The highest BCUT2D eigenvalue weighted by Crippen LogP contribution is 2.34. The maximum absolute atomic E-state index is 12.4. The van der Waals surface area contributed by atoms with Crippen LogP contribution < -0.4 is 15.4 Å². The number of benzene rings is 2. The van der Waals surface area contributed by atoms with Crippen LogP contribution in [0.2, 0.25) is 0 Å². The van der Waals surface area contributed by atoms with Crippen LogP contribution in [0, 0.1) is 0 Å². The number of amides is 2. The Bertz CT molecular complexity index is 797. The smallest absolute Gasteiger partial charge is 0.319 e. The van der Waals surface area contributed by atoms with Gasteiger partial charge in [0.1, 0.15) is 5.75 Å². The number of nitrogens with one attached hydrogen (secondary N) is 2. The molecule has 25 heavy (non-hydrogen) atoms. The number of halogens is 1. The monoisotopic (exact) mass is 406 g/mol. The molecule has 2 atom stereocenters. The molecular weight excluding hydrogens is 388 g/mol. The Morgan fingerprint density at radius 1 is 1.36 bits per heavy atom. The summed E-state index contributed by atoms with van der Waals surface area (Å²) in [7, 11) is 1.48. The Balaban J connectivity index is 1.73. The van der Waals surface area contributed by atoms with E-state index in [-0.39, 0.29) is 6.61 Å². The van der Waals surface area contributed by atoms with Crippen LogP contribution >= 0.6 is 15.9 Å². The molecule has 0 saturated carbocycles. The first-order valence-corrected chi connectivity index (χ1v) is 8.63. The maximum Gasteiger partial charge on any atom is 0.319 e. The van der Waals surface area contributed by atoms with Crippen molar-refractivity contribution in [1.29, 1.82) is 0 Å². The molecule has 2 aromatic rings. The molecule has 0 aromatic heterocycles. The molecule has 3 rings (SSSR count). The number of rotatable bonds is 4. The number of carbonyl (C=O) groups is 1. The quantitative estimate of drug-likeness (QED) is 0.628. The molecule has 132 valence electrons. The normalized spacial score (nSPS) is 18.6. The number of aliphatic hydroxyl groups excluding tert-OH is 2. The second-order valence-corrected chi connectivity index (χ2v) is 6.77. The van der Waals surface area contributed by atoms with Crippen molar-refractivity contribution in [2.45, 2.75) is 25.2 Å². The summed E-state index contributed by atoms with van der Waals surface area (Å²) in [5.41, 5.74) is 2.86. The Labute approximate surface area is 154 Å². The van der Waals surface area contributed by atoms with Gasteiger partial charge in [-0.25, -0.2) is 4.79 Å². The van der Waals surface area contributed by atoms with Crippen LogP contribution in [-0.4, -0.2) is 29.4 Å². The molecule has 1 aliphatic carbocycles. The number of aliphatic hydroxyl groups is 2. The van der Waals surface area contributed by atoms with Crippen LogP contribution in [0.25, 0.3) is 0 Å². The van der Waals surface area contributed by atoms with Gasteiger partial charge >= 0.3 is 6.03 Å². The standard InChI is InChI=1S/C18H19BrN2O4/c1-25-17-11(9-22)6-12(19)8-15(17)21-18(24)20-14-7-10-4-2-3-5-13(10)16(14)23/h2-6,8,14,16,22-23H,7,9H2,1H3,(H2,20,21,24)/t14?,16-/m0/s1. The minimum Gasteiger partial charge on any atom is -0.494 e. The van der Waals surface area contributed by atoms with Gasteiger partial charge in [0.05, 0.1) is 31.5 Å². The highest BCUT2D eigenvalue weighted by molar-refractivity contribution is 9.10. The van der Waals surface area contributed by atoms with E-state index in [1.807, 2.05) is 24.3 Å². The molecule has 7 heteroatoms. The zero-order chi connectivity index (χ0) is 18.0. The zero-order valence-corrected chi connectivity index (χ0v) is 15.2. The molecule has 0 saturated heterocycles. The first-order chi connectivity index (χ1) is 12.0. The first kappa shape index (κ1) is 17.7. The number of urea groups is 1. The van der Waals surface area contributed by atoms with Gasteiger partial charge < -0.3 is 25.6 Å². The van der Waals surface area contributed by atoms with Crippen LogP contribution in [0.3, 0.4) is 0 Å². The summed E-state index contributed by atoms with van der Waals surface area (Å²) >= 11 is 3.35. The fraction of sp³-hybridized carbons (Fsp3) is 0.278. The molecule has 4 N–H and O–H groups in total. The van der Waals surface area contributed by atoms with E-state index < -0.39 is 18.2 Å². The number of ether oxygens (including phenoxy) is 1. The SMILES string of the molecule is COc1c(CO)cc(Br)cc1NC(=O)NC1Cc2ccccc2[C@@H]1O. The molecule has 0 bridgehead atoms. The van der Waals surface area contributed by atoms with Crippen LogP contribution in [0.5, 0.6) is 5.75 Å². The number of fused-ring (bicyclic) bond motifs is 1. The van der Waals surface area contributed by atoms with Crippen LogP contribution in [0.1, 0.15) is 22.8 Å². The van der Waals surface area contributed by atoms with Gasteiger partial charge in [-0.1, -0.05) is 40.2 Å². The number of methoxy groups -OCH3 is 1. The van der Waals surface area contributed by atoms with Crippen molar-refractivity contribution in [1.82, 2.24) is 5.32 Å². The predicted octanol–water partition coefficient (Wildman–Crippen LogP) is 2.73. The molecule has 2 aromatic carbocycles. The lowest BCUT2D eigenvalue weighted by Gasteiger charge is -2.19. The Morgan fingerprint density at radius 2 is 2.12 bits per heavy atom. The molecule has 0 spiro atoms. The fourth-order valence-corrected chi connectivity index (χ4v) is 3.64. The number of hydrogen-bond acceptors (Lipinski definition) is 4. The van der Waals surface area contributed by atoms with Gasteiger partial charge in [0.25, 0.3) is 0 Å². The highest BCUT2D eigenvalue weighted by Gasteiger charge is 2.31. The lowest BCUT2D eigenvalue weighted by molar-refractivity contribution is 0.145. The van der Waals surface area contributed by atoms with Crippen molar-refractivity contribution >= 4 is 27.6 Å². The van der Waals surface area contributed by atoms with Crippen molar-refractivity contribution < 1.29 is 19.7 Å². The Morgan fingerprint density at radius 3 is 2.80 bits per heavy atom. The van der Waals surface area contributed by atoms with Crippen molar-refractivity contribution in [3.8, 4) is 5.75 Å². The van der Waals surface area contributed by atoms with Crippen LogP contribution in [0.4, 0.5) is 10.5 Å². The maximum atomic E-state index is 12.4. The third kappa shape index (κ3) is 3.63. The van der Waals surface area contributed by atoms with Gasteiger partial charge in [-0.2, -0.15) is 0 Å².